The van der Waals surface area contributed by atoms with Gasteiger partial charge in [0, 0.05) is 12.1 Å². The monoisotopic (exact) mass is 345 g/mol. The molecule has 1 aromatic rings. The normalized spacial score (nSPS) is 12.2. The summed E-state index contributed by atoms with van der Waals surface area (Å²) in [4.78, 5) is 11.5. The van der Waals surface area contributed by atoms with Crippen molar-refractivity contribution < 1.29 is 22.7 Å². The van der Waals surface area contributed by atoms with Gasteiger partial charge in [-0.15, -0.1) is 5.11 Å². The van der Waals surface area contributed by atoms with Crippen molar-refractivity contribution in [2.75, 3.05) is 6.61 Å². The van der Waals surface area contributed by atoms with E-state index in [0.29, 0.717) is 6.07 Å². The molecule has 0 N–H and O–H groups in total. The van der Waals surface area contributed by atoms with Gasteiger partial charge in [0.05, 0.1) is 17.9 Å². The van der Waals surface area contributed by atoms with Gasteiger partial charge in [0.2, 0.25) is 0 Å². The highest BCUT2D eigenvalue weighted by molar-refractivity contribution is 5.81. The Bertz CT molecular complexity index is 596. The third kappa shape index (κ3) is 4.69. The lowest BCUT2D eigenvalue weighted by Gasteiger charge is -2.26. The molecule has 0 aromatic heterocycles. The van der Waals surface area contributed by atoms with E-state index in [0.717, 1.165) is 12.1 Å². The Morgan fingerprint density at radius 3 is 2.33 bits per heavy atom. The Hall–Kier alpha value is -2.12. The first-order valence-electron chi connectivity index (χ1n) is 7.66. The van der Waals surface area contributed by atoms with Gasteiger partial charge in [-0.2, -0.15) is 8.78 Å². The molecule has 134 valence electrons. The van der Waals surface area contributed by atoms with Crippen LogP contribution in [-0.2, 0) is 15.5 Å². The zero-order valence-corrected chi connectivity index (χ0v) is 14.4. The van der Waals surface area contributed by atoms with Crippen molar-refractivity contribution >= 4 is 11.7 Å². The van der Waals surface area contributed by atoms with Gasteiger partial charge in [0.15, 0.2) is 0 Å². The Balaban J connectivity index is 3.29. The molecule has 0 spiro atoms. The number of carbonyl (C=O) groups is 1. The van der Waals surface area contributed by atoms with Gasteiger partial charge in [0.1, 0.15) is 5.82 Å². The van der Waals surface area contributed by atoms with Gasteiger partial charge in [-0.1, -0.05) is 5.22 Å². The zero-order chi connectivity index (χ0) is 18.5. The minimum absolute atomic E-state index is 0.0109. The number of hydrogen-bond acceptors (Lipinski definition) is 4. The Labute approximate surface area is 139 Å². The summed E-state index contributed by atoms with van der Waals surface area (Å²) < 4.78 is 46.3. The minimum atomic E-state index is -4.02. The molecule has 0 amide bonds. The number of rotatable bonds is 7. The summed E-state index contributed by atoms with van der Waals surface area (Å²) in [5, 5.41) is 9.35. The number of nitrogens with zero attached hydrogens (tertiary/aromatic N) is 3. The first kappa shape index (κ1) is 19.9. The van der Waals surface area contributed by atoms with Crippen LogP contribution in [-0.4, -0.2) is 29.7 Å². The van der Waals surface area contributed by atoms with Crippen molar-refractivity contribution in [3.63, 3.8) is 0 Å². The summed E-state index contributed by atoms with van der Waals surface area (Å²) in [6.45, 7) is 8.68. The van der Waals surface area contributed by atoms with Crippen molar-refractivity contribution in [2.24, 2.45) is 10.3 Å². The number of halogens is 3. The van der Waals surface area contributed by atoms with E-state index in [1.807, 2.05) is 27.7 Å². The molecule has 0 unspecified atom stereocenters. The summed E-state index contributed by atoms with van der Waals surface area (Å²) in [6, 6.07) is 2.58. The number of benzene rings is 1. The van der Waals surface area contributed by atoms with Crippen LogP contribution in [0.4, 0.5) is 18.9 Å². The van der Waals surface area contributed by atoms with Crippen LogP contribution in [0.25, 0.3) is 0 Å². The van der Waals surface area contributed by atoms with Gasteiger partial charge in [-0.25, -0.2) is 9.18 Å². The molecule has 0 saturated carbocycles. The molecule has 0 radical (unpaired) electrons. The molecule has 1 rings (SSSR count). The van der Waals surface area contributed by atoms with Gasteiger partial charge >= 0.3 is 11.9 Å². The van der Waals surface area contributed by atoms with E-state index in [1.165, 1.54) is 6.92 Å². The van der Waals surface area contributed by atoms with Crippen LogP contribution in [0.3, 0.4) is 0 Å². The lowest BCUT2D eigenvalue weighted by molar-refractivity contribution is -0.173. The van der Waals surface area contributed by atoms with E-state index in [-0.39, 0.29) is 24.4 Å². The Morgan fingerprint density at radius 1 is 1.25 bits per heavy atom. The largest absolute Gasteiger partial charge is 0.461 e. The predicted octanol–water partition coefficient (Wildman–Crippen LogP) is 4.60. The predicted molar refractivity (Wildman–Crippen MR) is 83.6 cm³/mol. The molecule has 24 heavy (non-hydrogen) atoms. The van der Waals surface area contributed by atoms with Crippen LogP contribution in [0.15, 0.2) is 28.5 Å². The fourth-order valence-electron chi connectivity index (χ4n) is 2.08. The molecule has 0 heterocycles. The minimum Gasteiger partial charge on any atom is -0.461 e. The van der Waals surface area contributed by atoms with Crippen LogP contribution in [0, 0.1) is 5.82 Å². The molecule has 0 fully saturated rings. The van der Waals surface area contributed by atoms with Crippen molar-refractivity contribution in [3.8, 4) is 0 Å². The molecule has 0 aliphatic rings. The third-order valence-electron chi connectivity index (χ3n) is 3.14. The van der Waals surface area contributed by atoms with Gasteiger partial charge in [-0.05, 0) is 52.8 Å². The van der Waals surface area contributed by atoms with E-state index in [9.17, 15) is 18.0 Å². The highest BCUT2D eigenvalue weighted by Gasteiger charge is 2.45. The van der Waals surface area contributed by atoms with Crippen LogP contribution >= 0.6 is 0 Å². The SMILES string of the molecule is CCOC(=O)C(F)(F)c1cc(F)ccc1N=NN(C(C)C)C(C)C. The van der Waals surface area contributed by atoms with E-state index in [2.05, 4.69) is 15.1 Å². The van der Waals surface area contributed by atoms with E-state index < -0.39 is 23.3 Å². The lowest BCUT2D eigenvalue weighted by atomic mass is 10.1. The van der Waals surface area contributed by atoms with Crippen molar-refractivity contribution in [1.82, 2.24) is 5.01 Å². The Morgan fingerprint density at radius 2 is 1.83 bits per heavy atom. The number of alkyl halides is 2. The van der Waals surface area contributed by atoms with E-state index >= 15 is 0 Å². The lowest BCUT2D eigenvalue weighted by Crippen LogP contribution is -2.31. The van der Waals surface area contributed by atoms with E-state index in [4.69, 9.17) is 0 Å². The topological polar surface area (TPSA) is 54.3 Å². The summed E-state index contributed by atoms with van der Waals surface area (Å²) in [5.41, 5.74) is -1.17. The second-order valence-corrected chi connectivity index (χ2v) is 5.71. The average Bonchev–Trinajstić information content (AvgIpc) is 2.48. The summed E-state index contributed by atoms with van der Waals surface area (Å²) in [5.74, 6) is -6.68. The molecular formula is C16H22F3N3O2. The smallest absolute Gasteiger partial charge is 0.382 e. The van der Waals surface area contributed by atoms with Crippen LogP contribution < -0.4 is 0 Å². The molecule has 0 aliphatic carbocycles. The van der Waals surface area contributed by atoms with Gasteiger partial charge < -0.3 is 4.74 Å². The fourth-order valence-corrected chi connectivity index (χ4v) is 2.08. The molecular weight excluding hydrogens is 323 g/mol. The molecule has 0 aliphatic heterocycles. The summed E-state index contributed by atoms with van der Waals surface area (Å²) >= 11 is 0. The van der Waals surface area contributed by atoms with Crippen molar-refractivity contribution in [3.05, 3.63) is 29.6 Å². The van der Waals surface area contributed by atoms with Crippen LogP contribution in [0.2, 0.25) is 0 Å². The molecule has 0 saturated heterocycles. The van der Waals surface area contributed by atoms with Gasteiger partial charge in [0.25, 0.3) is 0 Å². The molecule has 1 aromatic carbocycles. The second kappa shape index (κ2) is 8.12. The first-order valence-corrected chi connectivity index (χ1v) is 7.66. The number of carbonyl (C=O) groups excluding carboxylic acids is 1. The van der Waals surface area contributed by atoms with E-state index in [1.54, 1.807) is 5.01 Å². The average molecular weight is 345 g/mol. The molecule has 0 atom stereocenters. The molecule has 8 heteroatoms. The quantitative estimate of drug-likeness (QED) is 0.412. The number of esters is 1. The maximum atomic E-state index is 14.3. The van der Waals surface area contributed by atoms with Crippen LogP contribution in [0.5, 0.6) is 0 Å². The number of hydrogen-bond donors (Lipinski definition) is 0. The number of ether oxygens (including phenoxy) is 1. The van der Waals surface area contributed by atoms with Crippen molar-refractivity contribution in [2.45, 2.75) is 52.6 Å². The standard InChI is InChI=1S/C16H22F3N3O2/c1-6-24-15(23)16(18,19)13-9-12(17)7-8-14(13)20-21-22(10(2)3)11(4)5/h7-11H,6H2,1-5H3. The van der Waals surface area contributed by atoms with Crippen molar-refractivity contribution in [1.29, 1.82) is 0 Å². The van der Waals surface area contributed by atoms with Gasteiger partial charge in [-0.3, -0.25) is 5.01 Å². The zero-order valence-electron chi connectivity index (χ0n) is 14.4. The summed E-state index contributed by atoms with van der Waals surface area (Å²) in [6.07, 6.45) is 0. The maximum absolute atomic E-state index is 14.3. The fraction of sp³-hybridized carbons (Fsp3) is 0.562. The highest BCUT2D eigenvalue weighted by Crippen LogP contribution is 2.37. The Kier molecular flexibility index (Phi) is 6.74. The summed E-state index contributed by atoms with van der Waals surface area (Å²) in [7, 11) is 0. The third-order valence-corrected chi connectivity index (χ3v) is 3.14. The molecule has 5 nitrogen and oxygen atoms in total. The van der Waals surface area contributed by atoms with Crippen LogP contribution in [0.1, 0.15) is 40.2 Å². The first-order chi connectivity index (χ1) is 11.1. The second-order valence-electron chi connectivity index (χ2n) is 5.71. The maximum Gasteiger partial charge on any atom is 0.382 e. The molecule has 0 bridgehead atoms. The highest BCUT2D eigenvalue weighted by atomic mass is 19.3.